The Morgan fingerprint density at radius 1 is 1.33 bits per heavy atom. The average molecular weight is 245 g/mol. The van der Waals surface area contributed by atoms with Crippen molar-refractivity contribution in [2.24, 2.45) is 5.92 Å². The molecular formula is C13H15N3O2. The van der Waals surface area contributed by atoms with Crippen LogP contribution in [0.5, 0.6) is 0 Å². The number of hydrogen-bond donors (Lipinski definition) is 1. The summed E-state index contributed by atoms with van der Waals surface area (Å²) in [7, 11) is 0. The van der Waals surface area contributed by atoms with Gasteiger partial charge in [0, 0.05) is 12.5 Å². The van der Waals surface area contributed by atoms with Crippen molar-refractivity contribution < 1.29 is 9.84 Å². The van der Waals surface area contributed by atoms with Crippen LogP contribution >= 0.6 is 0 Å². The maximum absolute atomic E-state index is 10.4. The van der Waals surface area contributed by atoms with Gasteiger partial charge in [0.1, 0.15) is 6.10 Å². The third-order valence-corrected chi connectivity index (χ3v) is 3.29. The molecule has 0 spiro atoms. The molecule has 1 saturated heterocycles. The zero-order chi connectivity index (χ0) is 12.4. The van der Waals surface area contributed by atoms with E-state index in [4.69, 9.17) is 4.74 Å². The lowest BCUT2D eigenvalue weighted by Crippen LogP contribution is -2.16. The second-order valence-corrected chi connectivity index (χ2v) is 4.47. The molecule has 5 heteroatoms. The number of benzene rings is 1. The number of ether oxygens (including phenoxy) is 1. The van der Waals surface area contributed by atoms with Crippen molar-refractivity contribution in [3.05, 3.63) is 42.2 Å². The SMILES string of the molecule is OC(c1cnnn1-c1ccccc1)C1CCOC1. The smallest absolute Gasteiger partial charge is 0.103 e. The first-order valence-electron chi connectivity index (χ1n) is 6.08. The first-order chi connectivity index (χ1) is 8.86. The molecule has 2 atom stereocenters. The van der Waals surface area contributed by atoms with Crippen molar-refractivity contribution >= 4 is 0 Å². The van der Waals surface area contributed by atoms with Gasteiger partial charge in [0.2, 0.25) is 0 Å². The number of rotatable bonds is 3. The van der Waals surface area contributed by atoms with Crippen LogP contribution in [-0.2, 0) is 4.74 Å². The van der Waals surface area contributed by atoms with E-state index in [1.807, 2.05) is 30.3 Å². The largest absolute Gasteiger partial charge is 0.386 e. The van der Waals surface area contributed by atoms with Gasteiger partial charge in [0.15, 0.2) is 0 Å². The Bertz CT molecular complexity index is 506. The van der Waals surface area contributed by atoms with Gasteiger partial charge in [0.25, 0.3) is 0 Å². The molecule has 0 amide bonds. The quantitative estimate of drug-likeness (QED) is 0.886. The predicted octanol–water partition coefficient (Wildman–Crippen LogP) is 1.34. The van der Waals surface area contributed by atoms with E-state index in [0.29, 0.717) is 13.2 Å². The van der Waals surface area contributed by atoms with Crippen molar-refractivity contribution in [3.63, 3.8) is 0 Å². The summed E-state index contributed by atoms with van der Waals surface area (Å²) in [5.74, 6) is 0.131. The molecule has 1 aromatic carbocycles. The molecule has 94 valence electrons. The van der Waals surface area contributed by atoms with Crippen molar-refractivity contribution in [3.8, 4) is 5.69 Å². The van der Waals surface area contributed by atoms with Gasteiger partial charge in [-0.25, -0.2) is 4.68 Å². The van der Waals surface area contributed by atoms with Crippen LogP contribution < -0.4 is 0 Å². The summed E-state index contributed by atoms with van der Waals surface area (Å²) < 4.78 is 7.00. The first kappa shape index (κ1) is 11.4. The molecule has 0 bridgehead atoms. The highest BCUT2D eigenvalue weighted by atomic mass is 16.5. The van der Waals surface area contributed by atoms with Gasteiger partial charge in [-0.3, -0.25) is 0 Å². The highest BCUT2D eigenvalue weighted by Crippen LogP contribution is 2.29. The van der Waals surface area contributed by atoms with Crippen molar-refractivity contribution in [2.45, 2.75) is 12.5 Å². The fraction of sp³-hybridized carbons (Fsp3) is 0.385. The third-order valence-electron chi connectivity index (χ3n) is 3.29. The minimum absolute atomic E-state index is 0.131. The van der Waals surface area contributed by atoms with Crippen LogP contribution in [0.3, 0.4) is 0 Å². The molecule has 2 heterocycles. The molecule has 1 fully saturated rings. The lowest BCUT2D eigenvalue weighted by atomic mass is 9.99. The van der Waals surface area contributed by atoms with E-state index in [0.717, 1.165) is 17.8 Å². The highest BCUT2D eigenvalue weighted by Gasteiger charge is 2.28. The standard InChI is InChI=1S/C13H15N3O2/c17-13(10-6-7-18-9-10)12-8-14-15-16(12)11-4-2-1-3-5-11/h1-5,8,10,13,17H,6-7,9H2. The maximum atomic E-state index is 10.4. The normalized spacial score (nSPS) is 21.1. The fourth-order valence-electron chi connectivity index (χ4n) is 2.26. The van der Waals surface area contributed by atoms with Crippen molar-refractivity contribution in [1.82, 2.24) is 15.0 Å². The summed E-state index contributed by atoms with van der Waals surface area (Å²) in [6, 6.07) is 9.70. The highest BCUT2D eigenvalue weighted by molar-refractivity contribution is 5.32. The zero-order valence-corrected chi connectivity index (χ0v) is 9.94. The van der Waals surface area contributed by atoms with Gasteiger partial charge >= 0.3 is 0 Å². The fourth-order valence-corrected chi connectivity index (χ4v) is 2.26. The number of aliphatic hydroxyl groups excluding tert-OH is 1. The maximum Gasteiger partial charge on any atom is 0.103 e. The zero-order valence-electron chi connectivity index (χ0n) is 9.94. The Balaban J connectivity index is 1.91. The summed E-state index contributed by atoms with van der Waals surface area (Å²) in [5.41, 5.74) is 1.62. The Morgan fingerprint density at radius 2 is 2.17 bits per heavy atom. The Morgan fingerprint density at radius 3 is 2.89 bits per heavy atom. The van der Waals surface area contributed by atoms with Gasteiger partial charge in [-0.15, -0.1) is 5.10 Å². The molecule has 0 radical (unpaired) electrons. The van der Waals surface area contributed by atoms with E-state index in [1.54, 1.807) is 10.9 Å². The number of aliphatic hydroxyl groups is 1. The van der Waals surface area contributed by atoms with Crippen molar-refractivity contribution in [2.75, 3.05) is 13.2 Å². The minimum atomic E-state index is -0.581. The van der Waals surface area contributed by atoms with Crippen LogP contribution in [0.25, 0.3) is 5.69 Å². The molecular weight excluding hydrogens is 230 g/mol. The number of para-hydroxylation sites is 1. The second kappa shape index (κ2) is 4.88. The molecule has 1 aliphatic heterocycles. The summed E-state index contributed by atoms with van der Waals surface area (Å²) in [4.78, 5) is 0. The summed E-state index contributed by atoms with van der Waals surface area (Å²) >= 11 is 0. The average Bonchev–Trinajstić information content (AvgIpc) is 3.10. The van der Waals surface area contributed by atoms with E-state index in [2.05, 4.69) is 10.3 Å². The van der Waals surface area contributed by atoms with E-state index < -0.39 is 6.10 Å². The monoisotopic (exact) mass is 245 g/mol. The molecule has 1 aliphatic rings. The Hall–Kier alpha value is -1.72. The summed E-state index contributed by atoms with van der Waals surface area (Å²) in [6.45, 7) is 1.32. The minimum Gasteiger partial charge on any atom is -0.386 e. The number of aromatic nitrogens is 3. The van der Waals surface area contributed by atoms with E-state index in [-0.39, 0.29) is 5.92 Å². The van der Waals surface area contributed by atoms with Crippen LogP contribution in [0, 0.1) is 5.92 Å². The third kappa shape index (κ3) is 2.02. The molecule has 0 aliphatic carbocycles. The topological polar surface area (TPSA) is 60.2 Å². The van der Waals surface area contributed by atoms with Crippen molar-refractivity contribution in [1.29, 1.82) is 0 Å². The molecule has 5 nitrogen and oxygen atoms in total. The van der Waals surface area contributed by atoms with E-state index >= 15 is 0 Å². The van der Waals surface area contributed by atoms with Crippen LogP contribution in [0.4, 0.5) is 0 Å². The summed E-state index contributed by atoms with van der Waals surface area (Å²) in [5, 5.41) is 18.3. The summed E-state index contributed by atoms with van der Waals surface area (Å²) in [6.07, 6.45) is 1.92. The van der Waals surface area contributed by atoms with Crippen LogP contribution in [0.2, 0.25) is 0 Å². The van der Waals surface area contributed by atoms with Crippen LogP contribution in [0.15, 0.2) is 36.5 Å². The van der Waals surface area contributed by atoms with Gasteiger partial charge in [-0.1, -0.05) is 23.4 Å². The lowest BCUT2D eigenvalue weighted by molar-refractivity contribution is 0.0866. The molecule has 1 N–H and O–H groups in total. The number of hydrogen-bond acceptors (Lipinski definition) is 4. The van der Waals surface area contributed by atoms with Gasteiger partial charge < -0.3 is 9.84 Å². The lowest BCUT2D eigenvalue weighted by Gasteiger charge is -2.17. The second-order valence-electron chi connectivity index (χ2n) is 4.47. The van der Waals surface area contributed by atoms with Gasteiger partial charge in [0.05, 0.1) is 24.2 Å². The van der Waals surface area contributed by atoms with E-state index in [1.165, 1.54) is 0 Å². The molecule has 1 aromatic heterocycles. The van der Waals surface area contributed by atoms with Crippen LogP contribution in [-0.4, -0.2) is 33.3 Å². The molecule has 18 heavy (non-hydrogen) atoms. The predicted molar refractivity (Wildman–Crippen MR) is 65.2 cm³/mol. The molecule has 2 aromatic rings. The van der Waals surface area contributed by atoms with Crippen LogP contribution in [0.1, 0.15) is 18.2 Å². The number of nitrogens with zero attached hydrogens (tertiary/aromatic N) is 3. The van der Waals surface area contributed by atoms with Gasteiger partial charge in [-0.05, 0) is 18.6 Å². The molecule has 0 saturated carbocycles. The first-order valence-corrected chi connectivity index (χ1v) is 6.08. The Labute approximate surface area is 105 Å². The van der Waals surface area contributed by atoms with E-state index in [9.17, 15) is 5.11 Å². The molecule has 2 unspecified atom stereocenters. The Kier molecular flexibility index (Phi) is 3.08. The molecule has 3 rings (SSSR count). The van der Waals surface area contributed by atoms with Gasteiger partial charge in [-0.2, -0.15) is 0 Å².